The lowest BCUT2D eigenvalue weighted by Gasteiger charge is -2.12. The van der Waals surface area contributed by atoms with Gasteiger partial charge in [-0.05, 0) is 13.1 Å². The maximum absolute atomic E-state index is 11.9. The standard InChI is InChI=1S/C9H10F3NO/c1-13-6-7-4-2-3-5-8(7)14-9(10,11)12/h2-5,13H,6H2,1H3. The highest BCUT2D eigenvalue weighted by atomic mass is 19.4. The van der Waals surface area contributed by atoms with Crippen molar-refractivity contribution in [3.63, 3.8) is 0 Å². The zero-order valence-corrected chi connectivity index (χ0v) is 7.56. The maximum Gasteiger partial charge on any atom is 0.573 e. The Balaban J connectivity index is 2.84. The number of ether oxygens (including phenoxy) is 1. The van der Waals surface area contributed by atoms with Crippen LogP contribution in [0, 0.1) is 0 Å². The average molecular weight is 205 g/mol. The summed E-state index contributed by atoms with van der Waals surface area (Å²) in [5.41, 5.74) is 0.479. The lowest BCUT2D eigenvalue weighted by molar-refractivity contribution is -0.274. The van der Waals surface area contributed by atoms with Crippen molar-refractivity contribution in [2.45, 2.75) is 12.9 Å². The molecule has 5 heteroatoms. The van der Waals surface area contributed by atoms with Gasteiger partial charge in [-0.15, -0.1) is 13.2 Å². The fraction of sp³-hybridized carbons (Fsp3) is 0.333. The molecule has 0 aliphatic carbocycles. The van der Waals surface area contributed by atoms with Gasteiger partial charge >= 0.3 is 6.36 Å². The first-order chi connectivity index (χ1) is 6.53. The third kappa shape index (κ3) is 3.26. The number of hydrogen-bond acceptors (Lipinski definition) is 2. The number of halogens is 3. The lowest BCUT2D eigenvalue weighted by Crippen LogP contribution is -2.19. The summed E-state index contributed by atoms with van der Waals surface area (Å²) in [6.45, 7) is 0.340. The molecule has 0 aliphatic heterocycles. The Morgan fingerprint density at radius 3 is 2.50 bits per heavy atom. The minimum atomic E-state index is -4.64. The molecule has 78 valence electrons. The number of benzene rings is 1. The summed E-state index contributed by atoms with van der Waals surface area (Å²) >= 11 is 0. The molecule has 0 aromatic heterocycles. The molecule has 0 saturated heterocycles. The highest BCUT2D eigenvalue weighted by Gasteiger charge is 2.31. The zero-order chi connectivity index (χ0) is 10.6. The summed E-state index contributed by atoms with van der Waals surface area (Å²) in [4.78, 5) is 0. The van der Waals surface area contributed by atoms with Crippen molar-refractivity contribution in [3.05, 3.63) is 29.8 Å². The van der Waals surface area contributed by atoms with Crippen molar-refractivity contribution in [1.82, 2.24) is 5.32 Å². The molecule has 1 N–H and O–H groups in total. The third-order valence-corrected chi connectivity index (χ3v) is 1.57. The van der Waals surface area contributed by atoms with Gasteiger partial charge in [-0.1, -0.05) is 18.2 Å². The molecule has 1 aromatic carbocycles. The van der Waals surface area contributed by atoms with Crippen LogP contribution in [0.15, 0.2) is 24.3 Å². The van der Waals surface area contributed by atoms with E-state index in [1.54, 1.807) is 19.2 Å². The minimum absolute atomic E-state index is 0.158. The largest absolute Gasteiger partial charge is 0.573 e. The van der Waals surface area contributed by atoms with E-state index in [4.69, 9.17) is 0 Å². The van der Waals surface area contributed by atoms with Gasteiger partial charge < -0.3 is 10.1 Å². The zero-order valence-electron chi connectivity index (χ0n) is 7.56. The average Bonchev–Trinajstić information content (AvgIpc) is 2.06. The van der Waals surface area contributed by atoms with Gasteiger partial charge in [0.05, 0.1) is 0 Å². The number of para-hydroxylation sites is 1. The van der Waals surface area contributed by atoms with E-state index in [0.717, 1.165) is 0 Å². The second-order valence-electron chi connectivity index (χ2n) is 2.69. The van der Waals surface area contributed by atoms with Crippen molar-refractivity contribution in [3.8, 4) is 5.75 Å². The summed E-state index contributed by atoms with van der Waals surface area (Å²) in [5, 5.41) is 2.76. The van der Waals surface area contributed by atoms with Crippen LogP contribution in [-0.4, -0.2) is 13.4 Å². The molecule has 0 spiro atoms. The normalized spacial score (nSPS) is 11.4. The van der Waals surface area contributed by atoms with E-state index in [1.807, 2.05) is 0 Å². The Morgan fingerprint density at radius 1 is 1.29 bits per heavy atom. The van der Waals surface area contributed by atoms with Gasteiger partial charge in [-0.3, -0.25) is 0 Å². The first kappa shape index (κ1) is 10.8. The number of nitrogens with one attached hydrogen (secondary N) is 1. The van der Waals surface area contributed by atoms with E-state index in [0.29, 0.717) is 12.1 Å². The summed E-state index contributed by atoms with van der Waals surface area (Å²) in [5.74, 6) is -0.158. The molecule has 0 fully saturated rings. The molecule has 1 aromatic rings. The van der Waals surface area contributed by atoms with Crippen LogP contribution < -0.4 is 10.1 Å². The quantitative estimate of drug-likeness (QED) is 0.817. The SMILES string of the molecule is CNCc1ccccc1OC(F)(F)F. The predicted octanol–water partition coefficient (Wildman–Crippen LogP) is 2.30. The summed E-state index contributed by atoms with van der Waals surface area (Å²) in [6, 6.07) is 6.04. The fourth-order valence-corrected chi connectivity index (χ4v) is 1.06. The van der Waals surface area contributed by atoms with Crippen molar-refractivity contribution in [2.24, 2.45) is 0 Å². The van der Waals surface area contributed by atoms with Gasteiger partial charge in [0.25, 0.3) is 0 Å². The van der Waals surface area contributed by atoms with E-state index in [2.05, 4.69) is 10.1 Å². The number of alkyl halides is 3. The number of hydrogen-bond donors (Lipinski definition) is 1. The molecule has 0 radical (unpaired) electrons. The Bertz CT molecular complexity index is 298. The Morgan fingerprint density at radius 2 is 1.93 bits per heavy atom. The molecular formula is C9H10F3NO. The highest BCUT2D eigenvalue weighted by Crippen LogP contribution is 2.25. The lowest BCUT2D eigenvalue weighted by atomic mass is 10.2. The molecule has 2 nitrogen and oxygen atoms in total. The molecule has 0 bridgehead atoms. The van der Waals surface area contributed by atoms with E-state index in [1.165, 1.54) is 12.1 Å². The third-order valence-electron chi connectivity index (χ3n) is 1.57. The maximum atomic E-state index is 11.9. The van der Waals surface area contributed by atoms with Gasteiger partial charge in [-0.25, -0.2) is 0 Å². The molecule has 0 amide bonds. The predicted molar refractivity (Wildman–Crippen MR) is 45.9 cm³/mol. The van der Waals surface area contributed by atoms with Crippen LogP contribution >= 0.6 is 0 Å². The molecule has 14 heavy (non-hydrogen) atoms. The monoisotopic (exact) mass is 205 g/mol. The van der Waals surface area contributed by atoms with Crippen LogP contribution in [0.1, 0.15) is 5.56 Å². The summed E-state index contributed by atoms with van der Waals surface area (Å²) < 4.78 is 39.6. The smallest absolute Gasteiger partial charge is 0.405 e. The van der Waals surface area contributed by atoms with Crippen LogP contribution in [0.4, 0.5) is 13.2 Å². The van der Waals surface area contributed by atoms with Crippen molar-refractivity contribution in [1.29, 1.82) is 0 Å². The minimum Gasteiger partial charge on any atom is -0.405 e. The fourth-order valence-electron chi connectivity index (χ4n) is 1.06. The van der Waals surface area contributed by atoms with Crippen molar-refractivity contribution >= 4 is 0 Å². The van der Waals surface area contributed by atoms with E-state index >= 15 is 0 Å². The molecule has 0 aliphatic rings. The molecular weight excluding hydrogens is 195 g/mol. The second-order valence-corrected chi connectivity index (χ2v) is 2.69. The first-order valence-electron chi connectivity index (χ1n) is 4.01. The van der Waals surface area contributed by atoms with E-state index < -0.39 is 6.36 Å². The van der Waals surface area contributed by atoms with E-state index in [-0.39, 0.29) is 5.75 Å². The van der Waals surface area contributed by atoms with Gasteiger partial charge in [0.1, 0.15) is 5.75 Å². The van der Waals surface area contributed by atoms with Crippen LogP contribution in [0.5, 0.6) is 5.75 Å². The van der Waals surface area contributed by atoms with Gasteiger partial charge in [0.2, 0.25) is 0 Å². The summed E-state index contributed by atoms with van der Waals surface area (Å²) in [7, 11) is 1.66. The Hall–Kier alpha value is -1.23. The number of rotatable bonds is 3. The van der Waals surface area contributed by atoms with Crippen molar-refractivity contribution < 1.29 is 17.9 Å². The van der Waals surface area contributed by atoms with Gasteiger partial charge in [0, 0.05) is 12.1 Å². The molecule has 0 atom stereocenters. The summed E-state index contributed by atoms with van der Waals surface area (Å²) in [6.07, 6.45) is -4.64. The Kier molecular flexibility index (Phi) is 3.35. The first-order valence-corrected chi connectivity index (χ1v) is 4.01. The second kappa shape index (κ2) is 4.32. The molecule has 0 saturated carbocycles. The van der Waals surface area contributed by atoms with Gasteiger partial charge in [0.15, 0.2) is 0 Å². The molecule has 0 unspecified atom stereocenters. The topological polar surface area (TPSA) is 21.3 Å². The van der Waals surface area contributed by atoms with Crippen LogP contribution in [0.25, 0.3) is 0 Å². The van der Waals surface area contributed by atoms with Gasteiger partial charge in [-0.2, -0.15) is 0 Å². The molecule has 1 rings (SSSR count). The van der Waals surface area contributed by atoms with Crippen molar-refractivity contribution in [2.75, 3.05) is 7.05 Å². The highest BCUT2D eigenvalue weighted by molar-refractivity contribution is 5.33. The Labute approximate surface area is 79.7 Å². The molecule has 0 heterocycles. The van der Waals surface area contributed by atoms with Crippen LogP contribution in [0.3, 0.4) is 0 Å². The van der Waals surface area contributed by atoms with E-state index in [9.17, 15) is 13.2 Å². The van der Waals surface area contributed by atoms with Crippen LogP contribution in [0.2, 0.25) is 0 Å². The van der Waals surface area contributed by atoms with Crippen LogP contribution in [-0.2, 0) is 6.54 Å².